The van der Waals surface area contributed by atoms with Crippen LogP contribution in [0.3, 0.4) is 0 Å². The molecular weight excluding hydrogens is 430 g/mol. The van der Waals surface area contributed by atoms with E-state index in [2.05, 4.69) is 16.0 Å². The third kappa shape index (κ3) is 7.07. The van der Waals surface area contributed by atoms with Crippen molar-refractivity contribution in [1.82, 2.24) is 10.6 Å². The van der Waals surface area contributed by atoms with Gasteiger partial charge in [0.2, 0.25) is 11.8 Å². The Morgan fingerprint density at radius 2 is 1.74 bits per heavy atom. The summed E-state index contributed by atoms with van der Waals surface area (Å²) in [6.45, 7) is 6.53. The molecule has 2 aromatic rings. The summed E-state index contributed by atoms with van der Waals surface area (Å²) in [5.41, 5.74) is 2.07. The summed E-state index contributed by atoms with van der Waals surface area (Å²) in [7, 11) is 0. The van der Waals surface area contributed by atoms with Gasteiger partial charge in [-0.25, -0.2) is 0 Å². The van der Waals surface area contributed by atoms with Crippen LogP contribution in [0.4, 0.5) is 5.69 Å². The standard InChI is InChI=1S/C27H35N3O4/c1-4-34-23-14-12-21(13-15-23)26(32)30-24(18(2)3)27(33)28-17-19-8-7-11-22(16-19)29-25(31)20-9-5-6-10-20/h7-8,11-16,18,20,24H,4-6,9-10,17H2,1-3H3,(H,28,33)(H,29,31)(H,30,32). The molecule has 1 fully saturated rings. The second kappa shape index (κ2) is 12.2. The van der Waals surface area contributed by atoms with Gasteiger partial charge in [-0.3, -0.25) is 14.4 Å². The molecule has 1 saturated carbocycles. The quantitative estimate of drug-likeness (QED) is 0.488. The number of amides is 3. The molecule has 3 N–H and O–H groups in total. The first-order valence-electron chi connectivity index (χ1n) is 12.1. The van der Waals surface area contributed by atoms with E-state index in [1.54, 1.807) is 24.3 Å². The second-order valence-corrected chi connectivity index (χ2v) is 9.04. The molecule has 1 aliphatic rings. The molecule has 0 radical (unpaired) electrons. The third-order valence-electron chi connectivity index (χ3n) is 6.05. The lowest BCUT2D eigenvalue weighted by Gasteiger charge is -2.22. The predicted octanol–water partition coefficient (Wildman–Crippen LogP) is 4.28. The predicted molar refractivity (Wildman–Crippen MR) is 133 cm³/mol. The van der Waals surface area contributed by atoms with Crippen LogP contribution < -0.4 is 20.7 Å². The molecule has 0 spiro atoms. The fourth-order valence-corrected chi connectivity index (χ4v) is 4.12. The van der Waals surface area contributed by atoms with Crippen molar-refractivity contribution in [3.05, 3.63) is 59.7 Å². The van der Waals surface area contributed by atoms with Gasteiger partial charge in [0.15, 0.2) is 0 Å². The highest BCUT2D eigenvalue weighted by atomic mass is 16.5. The first kappa shape index (κ1) is 25.3. The van der Waals surface area contributed by atoms with E-state index in [4.69, 9.17) is 4.74 Å². The van der Waals surface area contributed by atoms with Gasteiger partial charge in [0, 0.05) is 23.7 Å². The molecule has 7 nitrogen and oxygen atoms in total. The number of carbonyl (C=O) groups excluding carboxylic acids is 3. The maximum Gasteiger partial charge on any atom is 0.251 e. The lowest BCUT2D eigenvalue weighted by atomic mass is 10.0. The van der Waals surface area contributed by atoms with Gasteiger partial charge in [0.1, 0.15) is 11.8 Å². The highest BCUT2D eigenvalue weighted by Crippen LogP contribution is 2.26. The Morgan fingerprint density at radius 3 is 2.38 bits per heavy atom. The number of hydrogen-bond donors (Lipinski definition) is 3. The SMILES string of the molecule is CCOc1ccc(C(=O)NC(C(=O)NCc2cccc(NC(=O)C3CCCC3)c2)C(C)C)cc1. The summed E-state index contributed by atoms with van der Waals surface area (Å²) in [6, 6.07) is 13.6. The number of carbonyl (C=O) groups is 3. The van der Waals surface area contributed by atoms with Crippen LogP contribution in [0.15, 0.2) is 48.5 Å². The normalized spacial score (nSPS) is 14.5. The summed E-state index contributed by atoms with van der Waals surface area (Å²) in [5.74, 6) is 0.190. The van der Waals surface area contributed by atoms with Crippen molar-refractivity contribution in [2.24, 2.45) is 11.8 Å². The van der Waals surface area contributed by atoms with E-state index in [-0.39, 0.29) is 29.6 Å². The van der Waals surface area contributed by atoms with Crippen LogP contribution in [-0.4, -0.2) is 30.4 Å². The summed E-state index contributed by atoms with van der Waals surface area (Å²) in [5, 5.41) is 8.74. The van der Waals surface area contributed by atoms with Gasteiger partial charge in [0.05, 0.1) is 6.61 Å². The molecule has 0 saturated heterocycles. The van der Waals surface area contributed by atoms with Gasteiger partial charge in [-0.15, -0.1) is 0 Å². The number of rotatable bonds is 10. The average Bonchev–Trinajstić information content (AvgIpc) is 3.37. The highest BCUT2D eigenvalue weighted by Gasteiger charge is 2.25. The van der Waals surface area contributed by atoms with E-state index in [0.717, 1.165) is 36.9 Å². The maximum atomic E-state index is 12.9. The molecule has 0 aliphatic heterocycles. The van der Waals surface area contributed by atoms with Gasteiger partial charge in [-0.05, 0) is 67.6 Å². The maximum absolute atomic E-state index is 12.9. The molecular formula is C27H35N3O4. The van der Waals surface area contributed by atoms with Crippen LogP contribution in [0.1, 0.15) is 62.4 Å². The largest absolute Gasteiger partial charge is 0.494 e. The Morgan fingerprint density at radius 1 is 1.03 bits per heavy atom. The zero-order chi connectivity index (χ0) is 24.5. The van der Waals surface area contributed by atoms with Crippen LogP contribution in [0.2, 0.25) is 0 Å². The molecule has 3 rings (SSSR count). The van der Waals surface area contributed by atoms with Crippen LogP contribution in [0.5, 0.6) is 5.75 Å². The lowest BCUT2D eigenvalue weighted by Crippen LogP contribution is -2.49. The smallest absolute Gasteiger partial charge is 0.251 e. The fourth-order valence-electron chi connectivity index (χ4n) is 4.12. The number of ether oxygens (including phenoxy) is 1. The van der Waals surface area contributed by atoms with Crippen LogP contribution in [-0.2, 0) is 16.1 Å². The van der Waals surface area contributed by atoms with Gasteiger partial charge < -0.3 is 20.7 Å². The number of benzene rings is 2. The van der Waals surface area contributed by atoms with Gasteiger partial charge in [0.25, 0.3) is 5.91 Å². The summed E-state index contributed by atoms with van der Waals surface area (Å²) in [6.07, 6.45) is 4.10. The van der Waals surface area contributed by atoms with E-state index in [0.29, 0.717) is 24.5 Å². The molecule has 1 aliphatic carbocycles. The summed E-state index contributed by atoms with van der Waals surface area (Å²) < 4.78 is 5.41. The van der Waals surface area contributed by atoms with Crippen molar-refractivity contribution >= 4 is 23.4 Å². The number of anilines is 1. The zero-order valence-corrected chi connectivity index (χ0v) is 20.2. The first-order chi connectivity index (χ1) is 16.4. The van der Waals surface area contributed by atoms with Crippen LogP contribution in [0, 0.1) is 11.8 Å². The molecule has 0 bridgehead atoms. The number of nitrogens with one attached hydrogen (secondary N) is 3. The summed E-state index contributed by atoms with van der Waals surface area (Å²) >= 11 is 0. The fraction of sp³-hybridized carbons (Fsp3) is 0.444. The van der Waals surface area contributed by atoms with Gasteiger partial charge >= 0.3 is 0 Å². The van der Waals surface area contributed by atoms with Crippen molar-refractivity contribution in [3.8, 4) is 5.75 Å². The van der Waals surface area contributed by atoms with E-state index < -0.39 is 6.04 Å². The van der Waals surface area contributed by atoms with E-state index in [9.17, 15) is 14.4 Å². The summed E-state index contributed by atoms with van der Waals surface area (Å²) in [4.78, 5) is 38.0. The van der Waals surface area contributed by atoms with Crippen LogP contribution in [0.25, 0.3) is 0 Å². The Labute approximate surface area is 201 Å². The van der Waals surface area contributed by atoms with E-state index in [1.165, 1.54) is 0 Å². The lowest BCUT2D eigenvalue weighted by molar-refractivity contribution is -0.124. The van der Waals surface area contributed by atoms with Gasteiger partial charge in [-0.2, -0.15) is 0 Å². The molecule has 2 aromatic carbocycles. The second-order valence-electron chi connectivity index (χ2n) is 9.04. The molecule has 1 unspecified atom stereocenters. The van der Waals surface area contributed by atoms with Crippen molar-refractivity contribution < 1.29 is 19.1 Å². The molecule has 1 atom stereocenters. The minimum absolute atomic E-state index is 0.0653. The highest BCUT2D eigenvalue weighted by molar-refractivity contribution is 5.97. The van der Waals surface area contributed by atoms with E-state index in [1.807, 2.05) is 45.0 Å². The van der Waals surface area contributed by atoms with Crippen molar-refractivity contribution in [3.63, 3.8) is 0 Å². The Hall–Kier alpha value is -3.35. The average molecular weight is 466 g/mol. The molecule has 3 amide bonds. The molecule has 0 heterocycles. The molecule has 182 valence electrons. The molecule has 34 heavy (non-hydrogen) atoms. The third-order valence-corrected chi connectivity index (χ3v) is 6.05. The van der Waals surface area contributed by atoms with E-state index >= 15 is 0 Å². The topological polar surface area (TPSA) is 96.5 Å². The zero-order valence-electron chi connectivity index (χ0n) is 20.2. The number of hydrogen-bond acceptors (Lipinski definition) is 4. The monoisotopic (exact) mass is 465 g/mol. The Bertz CT molecular complexity index is 982. The van der Waals surface area contributed by atoms with Crippen molar-refractivity contribution in [2.45, 2.75) is 59.0 Å². The first-order valence-corrected chi connectivity index (χ1v) is 12.1. The minimum Gasteiger partial charge on any atom is -0.494 e. The molecule has 0 aromatic heterocycles. The Kier molecular flexibility index (Phi) is 9.08. The molecule has 7 heteroatoms. The van der Waals surface area contributed by atoms with Gasteiger partial charge in [-0.1, -0.05) is 38.8 Å². The van der Waals surface area contributed by atoms with Crippen molar-refractivity contribution in [2.75, 3.05) is 11.9 Å². The van der Waals surface area contributed by atoms with Crippen LogP contribution >= 0.6 is 0 Å². The minimum atomic E-state index is -0.677. The Balaban J connectivity index is 1.56. The van der Waals surface area contributed by atoms with Crippen molar-refractivity contribution in [1.29, 1.82) is 0 Å².